The summed E-state index contributed by atoms with van der Waals surface area (Å²) in [7, 11) is 0. The molecule has 0 amide bonds. The molecular weight excluding hydrogens is 349 g/mol. The average Bonchev–Trinajstić information content (AvgIpc) is 2.39. The Kier molecular flexibility index (Phi) is 5.09. The van der Waals surface area contributed by atoms with Crippen LogP contribution < -0.4 is 5.32 Å². The first-order chi connectivity index (χ1) is 8.24. The van der Waals surface area contributed by atoms with Crippen LogP contribution in [0.4, 0.5) is 0 Å². The fraction of sp³-hybridized carbons (Fsp3) is 0.538. The Morgan fingerprint density at radius 3 is 2.47 bits per heavy atom. The predicted molar refractivity (Wildman–Crippen MR) is 79.5 cm³/mol. The van der Waals surface area contributed by atoms with E-state index < -0.39 is 0 Å². The Bertz CT molecular complexity index is 349. The molecule has 1 aliphatic heterocycles. The van der Waals surface area contributed by atoms with Crippen molar-refractivity contribution in [1.29, 1.82) is 0 Å². The standard InChI is InChI=1S/C13H17ClINO/c14-10-13(5-7-17-8-6-13)16-9-11-1-3-12(15)4-2-11/h1-4,16H,5-10H2. The molecule has 94 valence electrons. The van der Waals surface area contributed by atoms with Gasteiger partial charge in [-0.2, -0.15) is 0 Å². The molecule has 0 aliphatic carbocycles. The summed E-state index contributed by atoms with van der Waals surface area (Å²) in [5.41, 5.74) is 1.37. The molecule has 17 heavy (non-hydrogen) atoms. The van der Waals surface area contributed by atoms with Crippen LogP contribution in [0.3, 0.4) is 0 Å². The summed E-state index contributed by atoms with van der Waals surface area (Å²) in [6, 6.07) is 8.59. The smallest absolute Gasteiger partial charge is 0.0484 e. The molecule has 1 saturated heterocycles. The fourth-order valence-corrected chi connectivity index (χ4v) is 2.73. The van der Waals surface area contributed by atoms with Gasteiger partial charge in [0, 0.05) is 34.7 Å². The van der Waals surface area contributed by atoms with Gasteiger partial charge in [0.1, 0.15) is 0 Å². The maximum Gasteiger partial charge on any atom is 0.0484 e. The summed E-state index contributed by atoms with van der Waals surface area (Å²) in [5, 5.41) is 3.61. The molecule has 1 fully saturated rings. The lowest BCUT2D eigenvalue weighted by Crippen LogP contribution is -2.50. The lowest BCUT2D eigenvalue weighted by atomic mass is 9.92. The predicted octanol–water partition coefficient (Wildman–Crippen LogP) is 3.17. The number of halogens is 2. The molecular formula is C13H17ClINO. The van der Waals surface area contributed by atoms with Gasteiger partial charge in [0.2, 0.25) is 0 Å². The van der Waals surface area contributed by atoms with Gasteiger partial charge in [-0.15, -0.1) is 11.6 Å². The Balaban J connectivity index is 1.93. The lowest BCUT2D eigenvalue weighted by Gasteiger charge is -2.36. The van der Waals surface area contributed by atoms with E-state index in [1.165, 1.54) is 9.13 Å². The third kappa shape index (κ3) is 3.81. The van der Waals surface area contributed by atoms with E-state index in [0.29, 0.717) is 5.88 Å². The molecule has 1 aromatic carbocycles. The highest BCUT2D eigenvalue weighted by Crippen LogP contribution is 2.22. The second-order valence-corrected chi connectivity index (χ2v) is 6.02. The van der Waals surface area contributed by atoms with Gasteiger partial charge in [-0.1, -0.05) is 12.1 Å². The molecule has 1 aliphatic rings. The van der Waals surface area contributed by atoms with Crippen molar-refractivity contribution < 1.29 is 4.74 Å². The average molecular weight is 366 g/mol. The van der Waals surface area contributed by atoms with Crippen LogP contribution in [0.5, 0.6) is 0 Å². The van der Waals surface area contributed by atoms with Gasteiger partial charge in [-0.05, 0) is 53.1 Å². The van der Waals surface area contributed by atoms with E-state index >= 15 is 0 Å². The van der Waals surface area contributed by atoms with Crippen LogP contribution in [0.2, 0.25) is 0 Å². The van der Waals surface area contributed by atoms with E-state index in [2.05, 4.69) is 52.2 Å². The number of ether oxygens (including phenoxy) is 1. The molecule has 0 aromatic heterocycles. The van der Waals surface area contributed by atoms with Crippen molar-refractivity contribution in [3.05, 3.63) is 33.4 Å². The number of hydrogen-bond acceptors (Lipinski definition) is 2. The van der Waals surface area contributed by atoms with E-state index in [9.17, 15) is 0 Å². The van der Waals surface area contributed by atoms with Crippen molar-refractivity contribution in [3.8, 4) is 0 Å². The Labute approximate surface area is 121 Å². The van der Waals surface area contributed by atoms with E-state index in [1.54, 1.807) is 0 Å². The molecule has 0 spiro atoms. The minimum absolute atomic E-state index is 0.0583. The largest absolute Gasteiger partial charge is 0.381 e. The fourth-order valence-electron chi connectivity index (χ4n) is 2.01. The summed E-state index contributed by atoms with van der Waals surface area (Å²) in [4.78, 5) is 0. The summed E-state index contributed by atoms with van der Waals surface area (Å²) in [6.07, 6.45) is 2.00. The van der Waals surface area contributed by atoms with Crippen molar-refractivity contribution in [2.24, 2.45) is 0 Å². The maximum absolute atomic E-state index is 6.11. The third-order valence-corrected chi connectivity index (χ3v) is 4.52. The van der Waals surface area contributed by atoms with Crippen molar-refractivity contribution in [3.63, 3.8) is 0 Å². The molecule has 4 heteroatoms. The minimum Gasteiger partial charge on any atom is -0.381 e. The van der Waals surface area contributed by atoms with Crippen LogP contribution in [-0.2, 0) is 11.3 Å². The number of benzene rings is 1. The molecule has 0 saturated carbocycles. The summed E-state index contributed by atoms with van der Waals surface area (Å²) in [5.74, 6) is 0.654. The van der Waals surface area contributed by atoms with Crippen molar-refractivity contribution in [2.75, 3.05) is 19.1 Å². The highest BCUT2D eigenvalue weighted by molar-refractivity contribution is 14.1. The Morgan fingerprint density at radius 1 is 1.24 bits per heavy atom. The van der Waals surface area contributed by atoms with E-state index in [4.69, 9.17) is 16.3 Å². The van der Waals surface area contributed by atoms with Crippen LogP contribution in [0.1, 0.15) is 18.4 Å². The highest BCUT2D eigenvalue weighted by Gasteiger charge is 2.30. The minimum atomic E-state index is 0.0583. The maximum atomic E-state index is 6.11. The molecule has 1 heterocycles. The number of alkyl halides is 1. The van der Waals surface area contributed by atoms with Gasteiger partial charge in [-0.3, -0.25) is 0 Å². The Morgan fingerprint density at radius 2 is 1.88 bits per heavy atom. The van der Waals surface area contributed by atoms with Crippen LogP contribution >= 0.6 is 34.2 Å². The first-order valence-electron chi connectivity index (χ1n) is 5.87. The molecule has 2 nitrogen and oxygen atoms in total. The van der Waals surface area contributed by atoms with E-state index in [-0.39, 0.29) is 5.54 Å². The molecule has 0 bridgehead atoms. The second-order valence-electron chi connectivity index (χ2n) is 4.51. The van der Waals surface area contributed by atoms with Crippen LogP contribution in [0, 0.1) is 3.57 Å². The van der Waals surface area contributed by atoms with Gasteiger partial charge in [0.15, 0.2) is 0 Å². The van der Waals surface area contributed by atoms with E-state index in [0.717, 1.165) is 32.6 Å². The van der Waals surface area contributed by atoms with Gasteiger partial charge in [0.05, 0.1) is 0 Å². The molecule has 2 rings (SSSR count). The van der Waals surface area contributed by atoms with Gasteiger partial charge < -0.3 is 10.1 Å². The van der Waals surface area contributed by atoms with Crippen LogP contribution in [0.15, 0.2) is 24.3 Å². The summed E-state index contributed by atoms with van der Waals surface area (Å²) in [6.45, 7) is 2.50. The Hall–Kier alpha value is 0.160. The summed E-state index contributed by atoms with van der Waals surface area (Å²) >= 11 is 8.43. The van der Waals surface area contributed by atoms with Gasteiger partial charge >= 0.3 is 0 Å². The molecule has 0 atom stereocenters. The highest BCUT2D eigenvalue weighted by atomic mass is 127. The molecule has 0 unspecified atom stereocenters. The zero-order valence-electron chi connectivity index (χ0n) is 9.72. The quantitative estimate of drug-likeness (QED) is 0.654. The monoisotopic (exact) mass is 365 g/mol. The van der Waals surface area contributed by atoms with Gasteiger partial charge in [-0.25, -0.2) is 0 Å². The number of hydrogen-bond donors (Lipinski definition) is 1. The van der Waals surface area contributed by atoms with Crippen LogP contribution in [-0.4, -0.2) is 24.6 Å². The SMILES string of the molecule is ClCC1(NCc2ccc(I)cc2)CCOCC1. The third-order valence-electron chi connectivity index (χ3n) is 3.29. The van der Waals surface area contributed by atoms with Crippen molar-refractivity contribution >= 4 is 34.2 Å². The zero-order valence-corrected chi connectivity index (χ0v) is 12.6. The van der Waals surface area contributed by atoms with Crippen molar-refractivity contribution in [1.82, 2.24) is 5.32 Å². The first-order valence-corrected chi connectivity index (χ1v) is 7.49. The number of rotatable bonds is 4. The first kappa shape index (κ1) is 13.6. The normalized spacial score (nSPS) is 19.2. The van der Waals surface area contributed by atoms with Crippen molar-refractivity contribution in [2.45, 2.75) is 24.9 Å². The second kappa shape index (κ2) is 6.36. The molecule has 1 aromatic rings. The lowest BCUT2D eigenvalue weighted by molar-refractivity contribution is 0.0459. The molecule has 0 radical (unpaired) electrons. The van der Waals surface area contributed by atoms with Crippen LogP contribution in [0.25, 0.3) is 0 Å². The molecule has 1 N–H and O–H groups in total. The topological polar surface area (TPSA) is 21.3 Å². The van der Waals surface area contributed by atoms with E-state index in [1.807, 2.05) is 0 Å². The van der Waals surface area contributed by atoms with Gasteiger partial charge in [0.25, 0.3) is 0 Å². The summed E-state index contributed by atoms with van der Waals surface area (Å²) < 4.78 is 6.66. The zero-order chi connectivity index (χ0) is 12.1. The number of nitrogens with one attached hydrogen (secondary N) is 1.